The van der Waals surface area contributed by atoms with E-state index in [-0.39, 0.29) is 0 Å². The Kier molecular flexibility index (Phi) is 9.40. The minimum atomic E-state index is 1.08. The lowest BCUT2D eigenvalue weighted by Crippen LogP contribution is -2.11. The van der Waals surface area contributed by atoms with Crippen molar-refractivity contribution in [2.75, 3.05) is 4.90 Å². The molecule has 2 aromatic heterocycles. The zero-order valence-electron chi connectivity index (χ0n) is 36.6. The summed E-state index contributed by atoms with van der Waals surface area (Å²) in [6, 6.07) is 93.1. The number of benzene rings is 11. The van der Waals surface area contributed by atoms with Gasteiger partial charge in [0.15, 0.2) is 0 Å². The van der Waals surface area contributed by atoms with E-state index in [1.807, 2.05) is 11.3 Å². The van der Waals surface area contributed by atoms with Gasteiger partial charge in [-0.3, -0.25) is 0 Å². The fourth-order valence-electron chi connectivity index (χ4n) is 10.3. The first-order valence-electron chi connectivity index (χ1n) is 22.9. The number of anilines is 3. The van der Waals surface area contributed by atoms with Crippen LogP contribution in [0.5, 0.6) is 0 Å². The van der Waals surface area contributed by atoms with Crippen LogP contribution in [0.25, 0.3) is 103 Å². The Morgan fingerprint density at radius 3 is 1.49 bits per heavy atom. The second-order valence-electron chi connectivity index (χ2n) is 17.2. The van der Waals surface area contributed by atoms with Crippen molar-refractivity contribution in [2.45, 2.75) is 0 Å². The molecule has 0 aliphatic heterocycles. The standard InChI is InChI=1S/C64H42N2S/c1-2-17-50-45(15-1)16-13-23-51(50)46-33-31-43(32-34-46)44-35-39-48(40-36-44)65(60-27-9-6-21-55(60)57-24-14-25-58-56-22-7-12-30-63(56)67-64(57)58)49-41-37-47(38-42-49)52-18-3-8-26-59(52)66-61-28-10-4-19-53(61)54-20-5-11-29-62(54)66/h1-42H. The first kappa shape index (κ1) is 38.9. The van der Waals surface area contributed by atoms with Crippen LogP contribution >= 0.6 is 11.3 Å². The van der Waals surface area contributed by atoms with Gasteiger partial charge in [-0.25, -0.2) is 0 Å². The Labute approximate surface area is 393 Å². The molecule has 0 saturated heterocycles. The number of rotatable bonds is 8. The van der Waals surface area contributed by atoms with E-state index in [1.165, 1.54) is 91.7 Å². The average Bonchev–Trinajstić information content (AvgIpc) is 3.95. The summed E-state index contributed by atoms with van der Waals surface area (Å²) in [6.07, 6.45) is 0. The summed E-state index contributed by atoms with van der Waals surface area (Å²) in [5.74, 6) is 0. The van der Waals surface area contributed by atoms with Gasteiger partial charge in [-0.15, -0.1) is 11.3 Å². The molecule has 0 aliphatic carbocycles. The van der Waals surface area contributed by atoms with Gasteiger partial charge in [-0.2, -0.15) is 0 Å². The van der Waals surface area contributed by atoms with E-state index in [9.17, 15) is 0 Å². The van der Waals surface area contributed by atoms with Crippen LogP contribution in [0.4, 0.5) is 17.1 Å². The molecular weight excluding hydrogens is 829 g/mol. The zero-order chi connectivity index (χ0) is 44.3. The molecule has 2 nitrogen and oxygen atoms in total. The summed E-state index contributed by atoms with van der Waals surface area (Å²) in [5, 5.41) is 7.63. The maximum atomic E-state index is 2.43. The number of thiophene rings is 1. The fourth-order valence-corrected chi connectivity index (χ4v) is 11.5. The molecule has 0 saturated carbocycles. The molecule has 0 fully saturated rings. The molecule has 13 rings (SSSR count). The van der Waals surface area contributed by atoms with Gasteiger partial charge in [0.2, 0.25) is 0 Å². The van der Waals surface area contributed by atoms with Crippen LogP contribution in [0.1, 0.15) is 0 Å². The number of hydrogen-bond donors (Lipinski definition) is 0. The van der Waals surface area contributed by atoms with Crippen molar-refractivity contribution >= 4 is 81.1 Å². The van der Waals surface area contributed by atoms with Crippen molar-refractivity contribution in [3.05, 3.63) is 255 Å². The maximum absolute atomic E-state index is 2.43. The lowest BCUT2D eigenvalue weighted by atomic mass is 9.96. The van der Waals surface area contributed by atoms with Gasteiger partial charge in [-0.05, 0) is 93.2 Å². The van der Waals surface area contributed by atoms with Crippen molar-refractivity contribution in [1.29, 1.82) is 0 Å². The highest BCUT2D eigenvalue weighted by Gasteiger charge is 2.21. The van der Waals surface area contributed by atoms with Crippen LogP contribution in [0, 0.1) is 0 Å². The topological polar surface area (TPSA) is 8.17 Å². The molecule has 13 aromatic rings. The van der Waals surface area contributed by atoms with Gasteiger partial charge < -0.3 is 9.47 Å². The van der Waals surface area contributed by atoms with Gasteiger partial charge in [0.1, 0.15) is 0 Å². The van der Waals surface area contributed by atoms with E-state index < -0.39 is 0 Å². The number of fused-ring (bicyclic) bond motifs is 7. The second kappa shape index (κ2) is 16.2. The molecule has 0 amide bonds. The summed E-state index contributed by atoms with van der Waals surface area (Å²) in [6.45, 7) is 0. The predicted molar refractivity (Wildman–Crippen MR) is 288 cm³/mol. The largest absolute Gasteiger partial charge is 0.310 e. The first-order valence-corrected chi connectivity index (χ1v) is 23.7. The summed E-state index contributed by atoms with van der Waals surface area (Å²) in [4.78, 5) is 2.43. The summed E-state index contributed by atoms with van der Waals surface area (Å²) in [7, 11) is 0. The highest BCUT2D eigenvalue weighted by molar-refractivity contribution is 7.26. The van der Waals surface area contributed by atoms with Crippen molar-refractivity contribution < 1.29 is 0 Å². The molecular formula is C64H42N2S. The molecule has 0 unspecified atom stereocenters. The second-order valence-corrected chi connectivity index (χ2v) is 18.3. The Bertz CT molecular complexity index is 3910. The van der Waals surface area contributed by atoms with E-state index in [0.29, 0.717) is 0 Å². The van der Waals surface area contributed by atoms with Gasteiger partial charge in [0, 0.05) is 59.0 Å². The number of para-hydroxylation sites is 4. The van der Waals surface area contributed by atoms with Crippen LogP contribution in [0.15, 0.2) is 255 Å². The molecule has 2 heterocycles. The van der Waals surface area contributed by atoms with Gasteiger partial charge in [-0.1, -0.05) is 200 Å². The Balaban J connectivity index is 0.925. The third kappa shape index (κ3) is 6.63. The molecule has 0 N–H and O–H groups in total. The average molecular weight is 871 g/mol. The zero-order valence-corrected chi connectivity index (χ0v) is 37.4. The molecule has 0 spiro atoms. The van der Waals surface area contributed by atoms with Crippen molar-refractivity contribution in [1.82, 2.24) is 4.57 Å². The van der Waals surface area contributed by atoms with Crippen molar-refractivity contribution in [2.24, 2.45) is 0 Å². The van der Waals surface area contributed by atoms with Crippen molar-refractivity contribution in [3.63, 3.8) is 0 Å². The van der Waals surface area contributed by atoms with Crippen LogP contribution in [-0.2, 0) is 0 Å². The summed E-state index contributed by atoms with van der Waals surface area (Å²) >= 11 is 1.87. The summed E-state index contributed by atoms with van der Waals surface area (Å²) in [5.41, 5.74) is 16.5. The molecule has 314 valence electrons. The minimum Gasteiger partial charge on any atom is -0.310 e. The van der Waals surface area contributed by atoms with E-state index in [2.05, 4.69) is 264 Å². The van der Waals surface area contributed by atoms with Crippen LogP contribution in [-0.4, -0.2) is 4.57 Å². The van der Waals surface area contributed by atoms with E-state index in [4.69, 9.17) is 0 Å². The molecule has 0 atom stereocenters. The highest BCUT2D eigenvalue weighted by Crippen LogP contribution is 2.47. The SMILES string of the molecule is c1ccc(N(c2ccc(-c3ccc(-c4cccc5ccccc45)cc3)cc2)c2ccc(-c3ccccc3-n3c4ccccc4c4ccccc43)cc2)c(-c2cccc3c2sc2ccccc23)c1. The molecule has 0 radical (unpaired) electrons. The van der Waals surface area contributed by atoms with Crippen LogP contribution in [0.2, 0.25) is 0 Å². The van der Waals surface area contributed by atoms with Crippen LogP contribution in [0.3, 0.4) is 0 Å². The van der Waals surface area contributed by atoms with Gasteiger partial charge >= 0.3 is 0 Å². The summed E-state index contributed by atoms with van der Waals surface area (Å²) < 4.78 is 5.02. The maximum Gasteiger partial charge on any atom is 0.0541 e. The Morgan fingerprint density at radius 2 is 0.761 bits per heavy atom. The molecule has 67 heavy (non-hydrogen) atoms. The first-order chi connectivity index (χ1) is 33.2. The number of aromatic nitrogens is 1. The number of hydrogen-bond acceptors (Lipinski definition) is 2. The lowest BCUT2D eigenvalue weighted by Gasteiger charge is -2.28. The Hall–Kier alpha value is -8.50. The highest BCUT2D eigenvalue weighted by atomic mass is 32.1. The smallest absolute Gasteiger partial charge is 0.0541 e. The molecule has 3 heteroatoms. The van der Waals surface area contributed by atoms with E-state index in [1.54, 1.807) is 0 Å². The third-order valence-electron chi connectivity index (χ3n) is 13.4. The van der Waals surface area contributed by atoms with Gasteiger partial charge in [0.25, 0.3) is 0 Å². The molecule has 11 aromatic carbocycles. The quantitative estimate of drug-likeness (QED) is 0.148. The number of nitrogens with zero attached hydrogens (tertiary/aromatic N) is 2. The molecule has 0 bridgehead atoms. The van der Waals surface area contributed by atoms with Crippen LogP contribution < -0.4 is 4.90 Å². The predicted octanol–water partition coefficient (Wildman–Crippen LogP) is 18.4. The third-order valence-corrected chi connectivity index (χ3v) is 14.7. The van der Waals surface area contributed by atoms with Gasteiger partial charge in [0.05, 0.1) is 22.4 Å². The van der Waals surface area contributed by atoms with E-state index in [0.717, 1.165) is 28.3 Å². The normalized spacial score (nSPS) is 11.6. The lowest BCUT2D eigenvalue weighted by molar-refractivity contribution is 1.18. The minimum absolute atomic E-state index is 1.08. The van der Waals surface area contributed by atoms with E-state index >= 15 is 0 Å². The Morgan fingerprint density at radius 1 is 0.299 bits per heavy atom. The monoisotopic (exact) mass is 870 g/mol. The molecule has 0 aliphatic rings. The van der Waals surface area contributed by atoms with Crippen molar-refractivity contribution in [3.8, 4) is 50.2 Å². The fraction of sp³-hybridized carbons (Fsp3) is 0.